The van der Waals surface area contributed by atoms with Crippen LogP contribution in [0.2, 0.25) is 5.02 Å². The fraction of sp³-hybridized carbons (Fsp3) is 0.286. The Morgan fingerprint density at radius 3 is 2.79 bits per heavy atom. The van der Waals surface area contributed by atoms with Crippen LogP contribution >= 0.6 is 11.6 Å². The standard InChI is InChI=1S/C21H23ClFN3O2/c1-14-10-16(22)6-7-19(14)28-13-18(27)12-25-20(21-24-8-9-26(21)2)15-4-3-5-17(23)11-15/h3-11,18,20,25,27H,12-13H2,1-2H3. The van der Waals surface area contributed by atoms with Gasteiger partial charge in [0.15, 0.2) is 0 Å². The summed E-state index contributed by atoms with van der Waals surface area (Å²) >= 11 is 5.95. The van der Waals surface area contributed by atoms with Crippen LogP contribution in [0, 0.1) is 12.7 Å². The molecule has 28 heavy (non-hydrogen) atoms. The first-order valence-electron chi connectivity index (χ1n) is 8.97. The van der Waals surface area contributed by atoms with Crippen molar-refractivity contribution in [3.05, 3.63) is 82.6 Å². The summed E-state index contributed by atoms with van der Waals surface area (Å²) in [6, 6.07) is 11.3. The van der Waals surface area contributed by atoms with Crippen molar-refractivity contribution < 1.29 is 14.2 Å². The van der Waals surface area contributed by atoms with E-state index >= 15 is 0 Å². The van der Waals surface area contributed by atoms with Crippen LogP contribution < -0.4 is 10.1 Å². The van der Waals surface area contributed by atoms with Gasteiger partial charge in [0, 0.05) is 31.0 Å². The zero-order valence-electron chi connectivity index (χ0n) is 15.8. The molecule has 2 N–H and O–H groups in total. The van der Waals surface area contributed by atoms with Gasteiger partial charge in [0.2, 0.25) is 0 Å². The summed E-state index contributed by atoms with van der Waals surface area (Å²) in [5.41, 5.74) is 1.63. The number of nitrogens with zero attached hydrogens (tertiary/aromatic N) is 2. The van der Waals surface area contributed by atoms with Gasteiger partial charge in [0.05, 0.1) is 6.04 Å². The maximum absolute atomic E-state index is 13.7. The van der Waals surface area contributed by atoms with E-state index in [9.17, 15) is 9.50 Å². The number of aromatic nitrogens is 2. The lowest BCUT2D eigenvalue weighted by atomic mass is 10.1. The van der Waals surface area contributed by atoms with E-state index in [0.717, 1.165) is 17.0 Å². The van der Waals surface area contributed by atoms with Crippen LogP contribution in [0.15, 0.2) is 54.9 Å². The monoisotopic (exact) mass is 403 g/mol. The summed E-state index contributed by atoms with van der Waals surface area (Å²) in [6.45, 7) is 2.26. The van der Waals surface area contributed by atoms with Gasteiger partial charge in [-0.2, -0.15) is 0 Å². The second-order valence-corrected chi connectivity index (χ2v) is 7.10. The molecule has 5 nitrogen and oxygen atoms in total. The van der Waals surface area contributed by atoms with Crippen molar-refractivity contribution in [3.63, 3.8) is 0 Å². The van der Waals surface area contributed by atoms with E-state index in [1.165, 1.54) is 12.1 Å². The Hall–Kier alpha value is -2.41. The molecule has 2 atom stereocenters. The molecule has 0 fully saturated rings. The summed E-state index contributed by atoms with van der Waals surface area (Å²) < 4.78 is 21.3. The first-order valence-corrected chi connectivity index (χ1v) is 9.35. The molecule has 1 aromatic heterocycles. The highest BCUT2D eigenvalue weighted by atomic mass is 35.5. The Balaban J connectivity index is 1.65. The molecule has 3 rings (SSSR count). The van der Waals surface area contributed by atoms with Gasteiger partial charge in [-0.05, 0) is 48.4 Å². The highest BCUT2D eigenvalue weighted by molar-refractivity contribution is 6.30. The van der Waals surface area contributed by atoms with Gasteiger partial charge in [-0.1, -0.05) is 23.7 Å². The zero-order valence-corrected chi connectivity index (χ0v) is 16.5. The van der Waals surface area contributed by atoms with Gasteiger partial charge in [-0.15, -0.1) is 0 Å². The fourth-order valence-corrected chi connectivity index (χ4v) is 3.20. The van der Waals surface area contributed by atoms with Gasteiger partial charge in [0.1, 0.15) is 30.1 Å². The van der Waals surface area contributed by atoms with E-state index in [2.05, 4.69) is 10.3 Å². The highest BCUT2D eigenvalue weighted by Gasteiger charge is 2.20. The van der Waals surface area contributed by atoms with Crippen LogP contribution in [0.25, 0.3) is 0 Å². The number of nitrogens with one attached hydrogen (secondary N) is 1. The Morgan fingerprint density at radius 2 is 2.11 bits per heavy atom. The van der Waals surface area contributed by atoms with Crippen molar-refractivity contribution in [2.45, 2.75) is 19.1 Å². The van der Waals surface area contributed by atoms with Crippen LogP contribution in [0.3, 0.4) is 0 Å². The molecule has 0 aliphatic rings. The first kappa shape index (κ1) is 20.3. The molecule has 0 bridgehead atoms. The van der Waals surface area contributed by atoms with Crippen LogP contribution in [0.4, 0.5) is 4.39 Å². The average Bonchev–Trinajstić information content (AvgIpc) is 3.07. The summed E-state index contributed by atoms with van der Waals surface area (Å²) in [7, 11) is 1.87. The summed E-state index contributed by atoms with van der Waals surface area (Å²) in [6.07, 6.45) is 2.75. The molecule has 7 heteroatoms. The topological polar surface area (TPSA) is 59.3 Å². The molecule has 2 unspecified atom stereocenters. The Bertz CT molecular complexity index is 932. The summed E-state index contributed by atoms with van der Waals surface area (Å²) in [5.74, 6) is 1.09. The van der Waals surface area contributed by atoms with Crippen LogP contribution in [0.5, 0.6) is 5.75 Å². The number of imidazole rings is 1. The number of aliphatic hydroxyl groups is 1. The maximum atomic E-state index is 13.7. The molecular weight excluding hydrogens is 381 g/mol. The van der Waals surface area contributed by atoms with Crippen molar-refractivity contribution in [1.29, 1.82) is 0 Å². The maximum Gasteiger partial charge on any atom is 0.130 e. The molecule has 0 saturated carbocycles. The number of hydrogen-bond donors (Lipinski definition) is 2. The highest BCUT2D eigenvalue weighted by Crippen LogP contribution is 2.23. The van der Waals surface area contributed by atoms with E-state index < -0.39 is 6.10 Å². The molecule has 148 valence electrons. The first-order chi connectivity index (χ1) is 13.4. The van der Waals surface area contributed by atoms with Crippen molar-refractivity contribution in [2.24, 2.45) is 7.05 Å². The van der Waals surface area contributed by atoms with Crippen molar-refractivity contribution in [1.82, 2.24) is 14.9 Å². The molecule has 0 saturated heterocycles. The lowest BCUT2D eigenvalue weighted by Gasteiger charge is -2.21. The van der Waals surface area contributed by atoms with Gasteiger partial charge in [-0.3, -0.25) is 0 Å². The summed E-state index contributed by atoms with van der Waals surface area (Å²) in [4.78, 5) is 4.37. The number of benzene rings is 2. The van der Waals surface area contributed by atoms with Gasteiger partial charge >= 0.3 is 0 Å². The third-order valence-electron chi connectivity index (χ3n) is 4.42. The third kappa shape index (κ3) is 5.10. The number of aryl methyl sites for hydroxylation is 2. The minimum absolute atomic E-state index is 0.117. The van der Waals surface area contributed by atoms with Gasteiger partial charge < -0.3 is 19.7 Å². The van der Waals surface area contributed by atoms with Crippen LogP contribution in [-0.4, -0.2) is 33.9 Å². The Labute approximate surface area is 168 Å². The van der Waals surface area contributed by atoms with E-state index in [1.54, 1.807) is 24.4 Å². The van der Waals surface area contributed by atoms with E-state index in [-0.39, 0.29) is 25.0 Å². The normalized spacial score (nSPS) is 13.3. The van der Waals surface area contributed by atoms with Crippen molar-refractivity contribution in [3.8, 4) is 5.75 Å². The van der Waals surface area contributed by atoms with E-state index in [1.807, 2.05) is 36.9 Å². The molecule has 0 spiro atoms. The van der Waals surface area contributed by atoms with E-state index in [4.69, 9.17) is 16.3 Å². The molecule has 0 radical (unpaired) electrons. The molecule has 3 aromatic rings. The second kappa shape index (κ2) is 9.19. The number of halogens is 2. The number of aliphatic hydroxyl groups excluding tert-OH is 1. The summed E-state index contributed by atoms with van der Waals surface area (Å²) in [5, 5.41) is 14.3. The zero-order chi connectivity index (χ0) is 20.1. The SMILES string of the molecule is Cc1cc(Cl)ccc1OCC(O)CNC(c1cccc(F)c1)c1nccn1C. The number of hydrogen-bond acceptors (Lipinski definition) is 4. The van der Waals surface area contributed by atoms with E-state index in [0.29, 0.717) is 10.8 Å². The second-order valence-electron chi connectivity index (χ2n) is 6.67. The largest absolute Gasteiger partial charge is 0.491 e. The smallest absolute Gasteiger partial charge is 0.130 e. The minimum Gasteiger partial charge on any atom is -0.491 e. The van der Waals surface area contributed by atoms with Crippen molar-refractivity contribution >= 4 is 11.6 Å². The molecule has 0 amide bonds. The van der Waals surface area contributed by atoms with Crippen LogP contribution in [0.1, 0.15) is 23.0 Å². The molecule has 2 aromatic carbocycles. The number of rotatable bonds is 8. The lowest BCUT2D eigenvalue weighted by molar-refractivity contribution is 0.104. The lowest BCUT2D eigenvalue weighted by Crippen LogP contribution is -2.35. The third-order valence-corrected chi connectivity index (χ3v) is 4.66. The average molecular weight is 404 g/mol. The minimum atomic E-state index is -0.758. The number of ether oxygens (including phenoxy) is 1. The molecule has 1 heterocycles. The van der Waals surface area contributed by atoms with Crippen LogP contribution in [-0.2, 0) is 7.05 Å². The van der Waals surface area contributed by atoms with Gasteiger partial charge in [-0.25, -0.2) is 9.37 Å². The molecule has 0 aliphatic heterocycles. The predicted octanol–water partition coefficient (Wildman–Crippen LogP) is 3.64. The quantitative estimate of drug-likeness (QED) is 0.603. The Morgan fingerprint density at radius 1 is 1.29 bits per heavy atom. The van der Waals surface area contributed by atoms with Crippen molar-refractivity contribution in [2.75, 3.05) is 13.2 Å². The Kier molecular flexibility index (Phi) is 6.67. The fourth-order valence-electron chi connectivity index (χ4n) is 2.97. The molecular formula is C21H23ClFN3O2. The predicted molar refractivity (Wildman–Crippen MR) is 107 cm³/mol. The molecule has 0 aliphatic carbocycles. The van der Waals surface area contributed by atoms with Gasteiger partial charge in [0.25, 0.3) is 0 Å².